The molecular formula is C23H23FN2O3. The maximum absolute atomic E-state index is 13.5. The van der Waals surface area contributed by atoms with Gasteiger partial charge in [-0.25, -0.2) is 4.39 Å². The molecule has 29 heavy (non-hydrogen) atoms. The normalized spacial score (nSPS) is 16.1. The highest BCUT2D eigenvalue weighted by Gasteiger charge is 2.42. The van der Waals surface area contributed by atoms with Gasteiger partial charge in [-0.2, -0.15) is 0 Å². The highest BCUT2D eigenvalue weighted by molar-refractivity contribution is 5.99. The van der Waals surface area contributed by atoms with E-state index in [0.29, 0.717) is 35.2 Å². The molecule has 0 N–H and O–H groups in total. The minimum absolute atomic E-state index is 0.0857. The van der Waals surface area contributed by atoms with Gasteiger partial charge in [-0.15, -0.1) is 0 Å². The zero-order valence-electron chi connectivity index (χ0n) is 16.5. The Morgan fingerprint density at radius 1 is 1.03 bits per heavy atom. The third-order valence-electron chi connectivity index (χ3n) is 5.61. The summed E-state index contributed by atoms with van der Waals surface area (Å²) in [6.07, 6.45) is 0. The maximum Gasteiger partial charge on any atom is 0.290 e. The molecule has 0 bridgehead atoms. The van der Waals surface area contributed by atoms with E-state index in [1.54, 1.807) is 41.3 Å². The van der Waals surface area contributed by atoms with Crippen molar-refractivity contribution in [1.82, 2.24) is 9.80 Å². The number of amides is 1. The van der Waals surface area contributed by atoms with Gasteiger partial charge in [0.2, 0.25) is 5.76 Å². The minimum Gasteiger partial charge on any atom is -0.450 e. The van der Waals surface area contributed by atoms with Crippen LogP contribution in [0.25, 0.3) is 11.0 Å². The summed E-state index contributed by atoms with van der Waals surface area (Å²) in [5.41, 5.74) is 1.21. The number of fused-ring (bicyclic) bond motifs is 2. The van der Waals surface area contributed by atoms with E-state index in [9.17, 15) is 14.0 Å². The third-order valence-corrected chi connectivity index (χ3v) is 5.61. The van der Waals surface area contributed by atoms with Gasteiger partial charge in [-0.3, -0.25) is 9.59 Å². The first-order valence-corrected chi connectivity index (χ1v) is 9.89. The molecule has 2 aromatic carbocycles. The number of halogens is 1. The monoisotopic (exact) mass is 394 g/mol. The van der Waals surface area contributed by atoms with Crippen molar-refractivity contribution in [2.45, 2.75) is 19.9 Å². The molecule has 3 aromatic rings. The van der Waals surface area contributed by atoms with Crippen molar-refractivity contribution < 1.29 is 13.6 Å². The number of carbonyl (C=O) groups is 1. The first-order chi connectivity index (χ1) is 14.0. The van der Waals surface area contributed by atoms with E-state index in [-0.39, 0.29) is 22.9 Å². The Morgan fingerprint density at radius 2 is 1.72 bits per heavy atom. The average molecular weight is 394 g/mol. The number of hydrogen-bond donors (Lipinski definition) is 0. The van der Waals surface area contributed by atoms with E-state index in [1.807, 2.05) is 0 Å². The topological polar surface area (TPSA) is 53.8 Å². The summed E-state index contributed by atoms with van der Waals surface area (Å²) in [5.74, 6) is -0.578. The quantitative estimate of drug-likeness (QED) is 0.638. The van der Waals surface area contributed by atoms with E-state index in [4.69, 9.17) is 4.42 Å². The van der Waals surface area contributed by atoms with Gasteiger partial charge >= 0.3 is 0 Å². The van der Waals surface area contributed by atoms with E-state index >= 15 is 0 Å². The number of benzene rings is 2. The molecule has 0 fully saturated rings. The van der Waals surface area contributed by atoms with Gasteiger partial charge in [0.15, 0.2) is 5.43 Å². The van der Waals surface area contributed by atoms with Crippen LogP contribution in [0.3, 0.4) is 0 Å². The number of carbonyl (C=O) groups excluding carboxylic acids is 1. The van der Waals surface area contributed by atoms with Crippen molar-refractivity contribution in [3.05, 3.63) is 81.5 Å². The highest BCUT2D eigenvalue weighted by atomic mass is 19.1. The van der Waals surface area contributed by atoms with Gasteiger partial charge in [0.1, 0.15) is 11.4 Å². The second-order valence-electron chi connectivity index (χ2n) is 7.15. The van der Waals surface area contributed by atoms with Crippen LogP contribution in [0.15, 0.2) is 57.7 Å². The minimum atomic E-state index is -0.588. The largest absolute Gasteiger partial charge is 0.450 e. The van der Waals surface area contributed by atoms with Crippen LogP contribution in [0.1, 0.15) is 41.6 Å². The van der Waals surface area contributed by atoms with Crippen molar-refractivity contribution in [1.29, 1.82) is 0 Å². The number of likely N-dealkylation sites (N-methyl/N-ethyl adjacent to an activating group) is 1. The molecule has 4 rings (SSSR count). The zero-order valence-corrected chi connectivity index (χ0v) is 16.5. The molecule has 0 aliphatic carbocycles. The van der Waals surface area contributed by atoms with Crippen LogP contribution in [-0.4, -0.2) is 41.9 Å². The number of nitrogens with zero attached hydrogens (tertiary/aromatic N) is 2. The predicted octanol–water partition coefficient (Wildman–Crippen LogP) is 3.82. The van der Waals surface area contributed by atoms with E-state index in [0.717, 1.165) is 13.1 Å². The summed E-state index contributed by atoms with van der Waals surface area (Å²) in [6.45, 7) is 7.00. The van der Waals surface area contributed by atoms with Gasteiger partial charge < -0.3 is 14.2 Å². The standard InChI is InChI=1S/C23H23FN2O3/c1-3-25(4-2)13-14-26-20(15-9-11-16(24)12-10-15)19-21(27)17-7-5-6-8-18(17)29-22(19)23(26)28/h5-12,20H,3-4,13-14H2,1-2H3/t20-/m1/s1. The summed E-state index contributed by atoms with van der Waals surface area (Å²) in [4.78, 5) is 30.4. The second kappa shape index (κ2) is 7.79. The van der Waals surface area contributed by atoms with Gasteiger partial charge in [-0.05, 0) is 42.9 Å². The fourth-order valence-corrected chi connectivity index (χ4v) is 3.98. The lowest BCUT2D eigenvalue weighted by Crippen LogP contribution is -2.37. The van der Waals surface area contributed by atoms with Crippen LogP contribution < -0.4 is 5.43 Å². The fourth-order valence-electron chi connectivity index (χ4n) is 3.98. The van der Waals surface area contributed by atoms with Crippen LogP contribution in [0.4, 0.5) is 4.39 Å². The molecule has 5 nitrogen and oxygen atoms in total. The smallest absolute Gasteiger partial charge is 0.290 e. The Hall–Kier alpha value is -2.99. The second-order valence-corrected chi connectivity index (χ2v) is 7.15. The molecule has 0 saturated carbocycles. The number of para-hydroxylation sites is 1. The molecule has 1 aliphatic heterocycles. The van der Waals surface area contributed by atoms with E-state index in [1.165, 1.54) is 12.1 Å². The molecule has 150 valence electrons. The fraction of sp³-hybridized carbons (Fsp3) is 0.304. The summed E-state index contributed by atoms with van der Waals surface area (Å²) in [5, 5.41) is 0.441. The Morgan fingerprint density at radius 3 is 2.41 bits per heavy atom. The summed E-state index contributed by atoms with van der Waals surface area (Å²) < 4.78 is 19.4. The van der Waals surface area contributed by atoms with Crippen molar-refractivity contribution in [2.24, 2.45) is 0 Å². The molecule has 0 unspecified atom stereocenters. The van der Waals surface area contributed by atoms with E-state index in [2.05, 4.69) is 18.7 Å². The lowest BCUT2D eigenvalue weighted by atomic mass is 9.98. The van der Waals surface area contributed by atoms with Crippen LogP contribution >= 0.6 is 0 Å². The van der Waals surface area contributed by atoms with Crippen LogP contribution in [-0.2, 0) is 0 Å². The maximum atomic E-state index is 13.5. The molecule has 0 saturated heterocycles. The molecule has 0 spiro atoms. The zero-order chi connectivity index (χ0) is 20.5. The van der Waals surface area contributed by atoms with E-state index < -0.39 is 6.04 Å². The molecule has 1 aromatic heterocycles. The Balaban J connectivity index is 1.85. The van der Waals surface area contributed by atoms with Crippen molar-refractivity contribution in [3.8, 4) is 0 Å². The van der Waals surface area contributed by atoms with Crippen LogP contribution in [0.2, 0.25) is 0 Å². The molecule has 1 atom stereocenters. The Kier molecular flexibility index (Phi) is 5.20. The van der Waals surface area contributed by atoms with Crippen molar-refractivity contribution >= 4 is 16.9 Å². The van der Waals surface area contributed by atoms with Crippen LogP contribution in [0.5, 0.6) is 0 Å². The first kappa shape index (κ1) is 19.3. The average Bonchev–Trinajstić information content (AvgIpc) is 3.02. The molecule has 2 heterocycles. The van der Waals surface area contributed by atoms with Gasteiger partial charge in [-0.1, -0.05) is 38.1 Å². The first-order valence-electron chi connectivity index (χ1n) is 9.89. The SMILES string of the molecule is CCN(CC)CCN1C(=O)c2oc3ccccc3c(=O)c2[C@H]1c1ccc(F)cc1. The van der Waals surface area contributed by atoms with Gasteiger partial charge in [0.25, 0.3) is 5.91 Å². The Bertz CT molecular complexity index is 1100. The molecule has 1 aliphatic rings. The van der Waals surface area contributed by atoms with Crippen molar-refractivity contribution in [3.63, 3.8) is 0 Å². The molecule has 1 amide bonds. The predicted molar refractivity (Wildman–Crippen MR) is 110 cm³/mol. The highest BCUT2D eigenvalue weighted by Crippen LogP contribution is 2.37. The molecular weight excluding hydrogens is 371 g/mol. The Labute approximate surface area is 168 Å². The van der Waals surface area contributed by atoms with Crippen molar-refractivity contribution in [2.75, 3.05) is 26.2 Å². The van der Waals surface area contributed by atoms with Gasteiger partial charge in [0, 0.05) is 13.1 Å². The number of rotatable bonds is 6. The van der Waals surface area contributed by atoms with Crippen LogP contribution in [0, 0.1) is 5.82 Å². The number of hydrogen-bond acceptors (Lipinski definition) is 4. The summed E-state index contributed by atoms with van der Waals surface area (Å²) >= 11 is 0. The third kappa shape index (κ3) is 3.34. The van der Waals surface area contributed by atoms with Gasteiger partial charge in [0.05, 0.1) is 17.0 Å². The molecule has 0 radical (unpaired) electrons. The lowest BCUT2D eigenvalue weighted by Gasteiger charge is -2.28. The summed E-state index contributed by atoms with van der Waals surface area (Å²) in [6, 6.07) is 12.3. The summed E-state index contributed by atoms with van der Waals surface area (Å²) in [7, 11) is 0. The molecule has 6 heteroatoms. The lowest BCUT2D eigenvalue weighted by molar-refractivity contribution is 0.0708.